The quantitative estimate of drug-likeness (QED) is 0.240. The maximum absolute atomic E-state index is 13.8. The lowest BCUT2D eigenvalue weighted by atomic mass is 10.1. The van der Waals surface area contributed by atoms with Crippen LogP contribution in [0.25, 0.3) is 38.9 Å². The van der Waals surface area contributed by atoms with Crippen molar-refractivity contribution < 1.29 is 13.2 Å². The lowest BCUT2D eigenvalue weighted by molar-refractivity contribution is -0.137. The van der Waals surface area contributed by atoms with Crippen LogP contribution in [0.1, 0.15) is 50.4 Å². The largest absolute Gasteiger partial charge is 0.416 e. The van der Waals surface area contributed by atoms with E-state index in [0.29, 0.717) is 34.6 Å². The van der Waals surface area contributed by atoms with Gasteiger partial charge in [-0.05, 0) is 43.7 Å². The summed E-state index contributed by atoms with van der Waals surface area (Å²) in [4.78, 5) is 27.9. The van der Waals surface area contributed by atoms with Crippen LogP contribution >= 0.6 is 0 Å². The zero-order chi connectivity index (χ0) is 25.4. The first-order valence-electron chi connectivity index (χ1n) is 12.2. The fourth-order valence-corrected chi connectivity index (χ4v) is 4.63. The van der Waals surface area contributed by atoms with Gasteiger partial charge in [-0.2, -0.15) is 13.2 Å². The van der Waals surface area contributed by atoms with Gasteiger partial charge in [0, 0.05) is 12.2 Å². The molecule has 0 atom stereocenters. The molecular weight excluding hydrogens is 467 g/mol. The van der Waals surface area contributed by atoms with Gasteiger partial charge in [0.15, 0.2) is 11.3 Å². The van der Waals surface area contributed by atoms with E-state index in [0.717, 1.165) is 44.2 Å². The molecule has 9 heteroatoms. The Hall–Kier alpha value is -3.75. The Morgan fingerprint density at radius 1 is 0.861 bits per heavy atom. The highest BCUT2D eigenvalue weighted by atomic mass is 19.4. The number of hydrogen-bond donors (Lipinski definition) is 0. The lowest BCUT2D eigenvalue weighted by Crippen LogP contribution is -2.24. The minimum atomic E-state index is -4.51. The number of alkyl halides is 3. The number of fused-ring (bicyclic) bond motifs is 4. The van der Waals surface area contributed by atoms with Gasteiger partial charge < -0.3 is 0 Å². The van der Waals surface area contributed by atoms with Crippen molar-refractivity contribution in [1.82, 2.24) is 24.1 Å². The van der Waals surface area contributed by atoms with E-state index in [1.54, 1.807) is 29.7 Å². The molecule has 36 heavy (non-hydrogen) atoms. The number of aryl methyl sites for hydroxylation is 1. The third kappa shape index (κ3) is 4.23. The van der Waals surface area contributed by atoms with Gasteiger partial charge in [-0.15, -0.1) is 0 Å². The highest BCUT2D eigenvalue weighted by molar-refractivity contribution is 6.05. The third-order valence-electron chi connectivity index (χ3n) is 6.47. The van der Waals surface area contributed by atoms with E-state index in [9.17, 15) is 18.0 Å². The molecule has 0 amide bonds. The molecule has 0 aliphatic rings. The summed E-state index contributed by atoms with van der Waals surface area (Å²) in [6, 6.07) is 12.2. The standard InChI is InChI=1S/C27H26F3N5O/c1-3-4-5-6-9-15-34-17(2)31-24-22(26(34)36)23-25(33-21-14-8-7-13-20(21)32-23)35(24)19-12-10-11-18(16-19)27(28,29)30/h7-8,10-14,16H,3-6,9,15H2,1-2H3. The Morgan fingerprint density at radius 2 is 1.58 bits per heavy atom. The van der Waals surface area contributed by atoms with Gasteiger partial charge in [0.05, 0.1) is 16.6 Å². The van der Waals surface area contributed by atoms with E-state index in [-0.39, 0.29) is 22.3 Å². The van der Waals surface area contributed by atoms with Gasteiger partial charge in [-0.25, -0.2) is 15.0 Å². The Labute approximate surface area is 205 Å². The zero-order valence-electron chi connectivity index (χ0n) is 20.1. The topological polar surface area (TPSA) is 65.6 Å². The highest BCUT2D eigenvalue weighted by Crippen LogP contribution is 2.33. The van der Waals surface area contributed by atoms with E-state index >= 15 is 0 Å². The van der Waals surface area contributed by atoms with Crippen molar-refractivity contribution in [3.8, 4) is 5.69 Å². The minimum Gasteiger partial charge on any atom is -0.296 e. The summed E-state index contributed by atoms with van der Waals surface area (Å²) < 4.78 is 43.7. The fraction of sp³-hybridized carbons (Fsp3) is 0.333. The summed E-state index contributed by atoms with van der Waals surface area (Å²) in [5.41, 5.74) is 1.23. The molecule has 0 radical (unpaired) electrons. The Morgan fingerprint density at radius 3 is 2.31 bits per heavy atom. The van der Waals surface area contributed by atoms with E-state index in [1.807, 2.05) is 12.1 Å². The lowest BCUT2D eigenvalue weighted by Gasteiger charge is -2.12. The van der Waals surface area contributed by atoms with Crippen LogP contribution in [0.3, 0.4) is 0 Å². The van der Waals surface area contributed by atoms with Gasteiger partial charge >= 0.3 is 6.18 Å². The molecule has 6 nitrogen and oxygen atoms in total. The first kappa shape index (κ1) is 24.0. The summed E-state index contributed by atoms with van der Waals surface area (Å²) in [5, 5.41) is 0.264. The average Bonchev–Trinajstić information content (AvgIpc) is 3.16. The molecule has 0 unspecified atom stereocenters. The summed E-state index contributed by atoms with van der Waals surface area (Å²) >= 11 is 0. The van der Waals surface area contributed by atoms with Gasteiger partial charge in [0.2, 0.25) is 0 Å². The van der Waals surface area contributed by atoms with Gasteiger partial charge in [-0.3, -0.25) is 13.9 Å². The highest BCUT2D eigenvalue weighted by Gasteiger charge is 2.31. The summed E-state index contributed by atoms with van der Waals surface area (Å²) in [5.74, 6) is 0.503. The molecular formula is C27H26F3N5O. The second-order valence-electron chi connectivity index (χ2n) is 9.00. The molecule has 5 rings (SSSR count). The molecule has 0 N–H and O–H groups in total. The molecule has 0 bridgehead atoms. The van der Waals surface area contributed by atoms with Crippen LogP contribution in [0.5, 0.6) is 0 Å². The average molecular weight is 494 g/mol. The van der Waals surface area contributed by atoms with E-state index < -0.39 is 11.7 Å². The molecule has 0 aliphatic carbocycles. The van der Waals surface area contributed by atoms with Crippen molar-refractivity contribution in [3.63, 3.8) is 0 Å². The third-order valence-corrected chi connectivity index (χ3v) is 6.47. The second-order valence-corrected chi connectivity index (χ2v) is 9.00. The van der Waals surface area contributed by atoms with Crippen LogP contribution in [-0.2, 0) is 12.7 Å². The normalized spacial score (nSPS) is 12.2. The minimum absolute atomic E-state index is 0.220. The Balaban J connectivity index is 1.78. The van der Waals surface area contributed by atoms with Gasteiger partial charge in [-0.1, -0.05) is 50.8 Å². The van der Waals surface area contributed by atoms with Crippen molar-refractivity contribution in [2.24, 2.45) is 0 Å². The number of aromatic nitrogens is 5. The maximum Gasteiger partial charge on any atom is 0.416 e. The molecule has 186 valence electrons. The second kappa shape index (κ2) is 9.37. The number of rotatable bonds is 7. The summed E-state index contributed by atoms with van der Waals surface area (Å²) in [6.45, 7) is 4.42. The molecule has 3 heterocycles. The van der Waals surface area contributed by atoms with Crippen molar-refractivity contribution in [2.75, 3.05) is 0 Å². The number of halogens is 3. The Bertz CT molecular complexity index is 1630. The summed E-state index contributed by atoms with van der Waals surface area (Å²) in [7, 11) is 0. The number of unbranched alkanes of at least 4 members (excludes halogenated alkanes) is 4. The van der Waals surface area contributed by atoms with E-state index in [4.69, 9.17) is 15.0 Å². The number of nitrogens with zero attached hydrogens (tertiary/aromatic N) is 5. The van der Waals surface area contributed by atoms with Crippen molar-refractivity contribution in [1.29, 1.82) is 0 Å². The van der Waals surface area contributed by atoms with Crippen LogP contribution in [0.2, 0.25) is 0 Å². The number of para-hydroxylation sites is 2. The van der Waals surface area contributed by atoms with Crippen molar-refractivity contribution in [3.05, 3.63) is 70.3 Å². The van der Waals surface area contributed by atoms with Crippen molar-refractivity contribution in [2.45, 2.75) is 58.7 Å². The molecule has 0 fully saturated rings. The number of benzene rings is 2. The summed E-state index contributed by atoms with van der Waals surface area (Å²) in [6.07, 6.45) is 0.725. The molecule has 0 saturated heterocycles. The molecule has 0 spiro atoms. The first-order valence-corrected chi connectivity index (χ1v) is 12.2. The maximum atomic E-state index is 13.8. The Kier molecular flexibility index (Phi) is 6.24. The van der Waals surface area contributed by atoms with Crippen LogP contribution in [0, 0.1) is 6.92 Å². The molecule has 2 aromatic carbocycles. The zero-order valence-corrected chi connectivity index (χ0v) is 20.1. The molecule has 0 aliphatic heterocycles. The smallest absolute Gasteiger partial charge is 0.296 e. The van der Waals surface area contributed by atoms with Crippen molar-refractivity contribution >= 4 is 33.2 Å². The molecule has 3 aromatic heterocycles. The van der Waals surface area contributed by atoms with Crippen LogP contribution in [-0.4, -0.2) is 24.1 Å². The molecule has 5 aromatic rings. The van der Waals surface area contributed by atoms with Gasteiger partial charge in [0.1, 0.15) is 16.7 Å². The molecule has 0 saturated carbocycles. The van der Waals surface area contributed by atoms with Gasteiger partial charge in [0.25, 0.3) is 5.56 Å². The number of hydrogen-bond acceptors (Lipinski definition) is 4. The SMILES string of the molecule is CCCCCCCn1c(C)nc2c(c1=O)c1nc3ccccc3nc1n2-c1cccc(C(F)(F)F)c1. The monoisotopic (exact) mass is 493 g/mol. The van der Waals surface area contributed by atoms with E-state index in [2.05, 4.69) is 6.92 Å². The van der Waals surface area contributed by atoms with Crippen LogP contribution in [0.15, 0.2) is 53.3 Å². The predicted molar refractivity (Wildman–Crippen MR) is 134 cm³/mol. The fourth-order valence-electron chi connectivity index (χ4n) is 4.63. The first-order chi connectivity index (χ1) is 17.3. The van der Waals surface area contributed by atoms with Crippen LogP contribution < -0.4 is 5.56 Å². The van der Waals surface area contributed by atoms with E-state index in [1.165, 1.54) is 10.6 Å². The predicted octanol–water partition coefficient (Wildman–Crippen LogP) is 6.58. The van der Waals surface area contributed by atoms with Crippen LogP contribution in [0.4, 0.5) is 13.2 Å².